The van der Waals surface area contributed by atoms with E-state index < -0.39 is 34.9 Å². The Labute approximate surface area is 203 Å². The Bertz CT molecular complexity index is 1220. The number of halogens is 3. The second-order valence-electron chi connectivity index (χ2n) is 8.71. The molecule has 2 fully saturated rings. The fourth-order valence-corrected chi connectivity index (χ4v) is 4.50. The van der Waals surface area contributed by atoms with Crippen molar-refractivity contribution >= 4 is 17.5 Å². The van der Waals surface area contributed by atoms with Crippen LogP contribution in [0.15, 0.2) is 29.3 Å². The smallest absolute Gasteiger partial charge is 0.425 e. The van der Waals surface area contributed by atoms with Crippen molar-refractivity contribution < 1.29 is 27.5 Å². The van der Waals surface area contributed by atoms with Crippen LogP contribution in [0.5, 0.6) is 5.75 Å². The molecule has 1 aliphatic heterocycles. The third-order valence-corrected chi connectivity index (χ3v) is 6.47. The molecule has 1 amide bonds. The van der Waals surface area contributed by atoms with Gasteiger partial charge in [0.2, 0.25) is 5.91 Å². The summed E-state index contributed by atoms with van der Waals surface area (Å²) in [5.41, 5.74) is -2.45. The standard InChI is InChI=1S/C23H23F3N6O4/c24-23(25,26)20-17(12-29-30-22(20)35)36-13-16-3-2-15(21(16)34)9-19(33)32-7-5-31(6-8-32)18-4-1-14(10-27)11-28-18/h1,4,11-12,15-16H,2-3,5-9,13H2,(H,30,35)/t15-,16+/m0/s1. The lowest BCUT2D eigenvalue weighted by atomic mass is 9.99. The van der Waals surface area contributed by atoms with Crippen LogP contribution in [0.25, 0.3) is 0 Å². The van der Waals surface area contributed by atoms with Crippen molar-refractivity contribution in [3.05, 3.63) is 46.0 Å². The molecule has 36 heavy (non-hydrogen) atoms. The van der Waals surface area contributed by atoms with Crippen LogP contribution in [-0.4, -0.2) is 64.6 Å². The summed E-state index contributed by atoms with van der Waals surface area (Å²) in [6, 6.07) is 5.46. The monoisotopic (exact) mass is 504 g/mol. The number of ketones is 1. The molecule has 2 atom stereocenters. The van der Waals surface area contributed by atoms with Gasteiger partial charge >= 0.3 is 6.18 Å². The summed E-state index contributed by atoms with van der Waals surface area (Å²) in [6.45, 7) is 1.72. The summed E-state index contributed by atoms with van der Waals surface area (Å²) in [7, 11) is 0. The van der Waals surface area contributed by atoms with E-state index in [0.717, 1.165) is 12.0 Å². The maximum absolute atomic E-state index is 13.2. The Balaban J connectivity index is 1.28. The number of hydrogen-bond donors (Lipinski definition) is 1. The van der Waals surface area contributed by atoms with E-state index in [0.29, 0.717) is 44.6 Å². The van der Waals surface area contributed by atoms with E-state index >= 15 is 0 Å². The number of aromatic nitrogens is 3. The van der Waals surface area contributed by atoms with Crippen molar-refractivity contribution in [2.45, 2.75) is 25.4 Å². The van der Waals surface area contributed by atoms with Crippen molar-refractivity contribution in [3.63, 3.8) is 0 Å². The van der Waals surface area contributed by atoms with Crippen molar-refractivity contribution in [2.24, 2.45) is 11.8 Å². The zero-order valence-corrected chi connectivity index (χ0v) is 19.1. The molecule has 2 aliphatic rings. The minimum atomic E-state index is -4.93. The maximum atomic E-state index is 13.2. The zero-order chi connectivity index (χ0) is 25.9. The lowest BCUT2D eigenvalue weighted by Crippen LogP contribution is -2.49. The minimum Gasteiger partial charge on any atom is -0.490 e. The molecule has 1 saturated heterocycles. The maximum Gasteiger partial charge on any atom is 0.425 e. The minimum absolute atomic E-state index is 0.0326. The van der Waals surface area contributed by atoms with Gasteiger partial charge in [0.15, 0.2) is 11.3 Å². The third-order valence-electron chi connectivity index (χ3n) is 6.47. The first-order valence-electron chi connectivity index (χ1n) is 11.4. The first-order chi connectivity index (χ1) is 17.2. The number of amides is 1. The van der Waals surface area contributed by atoms with Gasteiger partial charge in [0.05, 0.1) is 24.3 Å². The Kier molecular flexibility index (Phi) is 7.23. The fraction of sp³-hybridized carbons (Fsp3) is 0.478. The predicted molar refractivity (Wildman–Crippen MR) is 119 cm³/mol. The van der Waals surface area contributed by atoms with Gasteiger partial charge in [-0.25, -0.2) is 10.1 Å². The number of piperazine rings is 1. The summed E-state index contributed by atoms with van der Waals surface area (Å²) in [4.78, 5) is 45.1. The molecule has 0 radical (unpaired) electrons. The number of nitrogens with one attached hydrogen (secondary N) is 1. The highest BCUT2D eigenvalue weighted by Gasteiger charge is 2.40. The molecule has 10 nitrogen and oxygen atoms in total. The number of carbonyl (C=O) groups excluding carboxylic acids is 2. The molecule has 1 saturated carbocycles. The number of rotatable bonds is 6. The molecule has 1 aliphatic carbocycles. The van der Waals surface area contributed by atoms with E-state index in [9.17, 15) is 27.6 Å². The number of carbonyl (C=O) groups is 2. The second-order valence-corrected chi connectivity index (χ2v) is 8.71. The van der Waals surface area contributed by atoms with Crippen LogP contribution >= 0.6 is 0 Å². The molecule has 0 bridgehead atoms. The highest BCUT2D eigenvalue weighted by molar-refractivity contribution is 5.90. The largest absolute Gasteiger partial charge is 0.490 e. The molecule has 13 heteroatoms. The molecule has 0 aromatic carbocycles. The highest BCUT2D eigenvalue weighted by atomic mass is 19.4. The molecular formula is C23H23F3N6O4. The van der Waals surface area contributed by atoms with Crippen LogP contribution in [-0.2, 0) is 15.8 Å². The number of Topliss-reactive ketones (excluding diaryl/α,β-unsaturated/α-hetero) is 1. The van der Waals surface area contributed by atoms with Gasteiger partial charge in [-0.2, -0.15) is 23.5 Å². The molecule has 190 valence electrons. The Morgan fingerprint density at radius 3 is 2.50 bits per heavy atom. The quantitative estimate of drug-likeness (QED) is 0.630. The predicted octanol–water partition coefficient (Wildman–Crippen LogP) is 1.77. The van der Waals surface area contributed by atoms with Crippen LogP contribution in [0.1, 0.15) is 30.4 Å². The van der Waals surface area contributed by atoms with E-state index in [1.54, 1.807) is 22.1 Å². The van der Waals surface area contributed by atoms with Crippen molar-refractivity contribution in [2.75, 3.05) is 37.7 Å². The SMILES string of the molecule is N#Cc1ccc(N2CCN(C(=O)C[C@@H]3CC[C@H](COc4cn[nH]c(=O)c4C(F)(F)F)C3=O)CC2)nc1. The molecule has 1 N–H and O–H groups in total. The van der Waals surface area contributed by atoms with Gasteiger partial charge in [0, 0.05) is 44.7 Å². The van der Waals surface area contributed by atoms with Crippen LogP contribution in [0.2, 0.25) is 0 Å². The van der Waals surface area contributed by atoms with Crippen molar-refractivity contribution in [1.29, 1.82) is 5.26 Å². The van der Waals surface area contributed by atoms with E-state index in [2.05, 4.69) is 10.1 Å². The number of hydrogen-bond acceptors (Lipinski definition) is 8. The Morgan fingerprint density at radius 1 is 1.14 bits per heavy atom. The number of H-pyrrole nitrogens is 1. The van der Waals surface area contributed by atoms with Crippen molar-refractivity contribution in [1.82, 2.24) is 20.1 Å². The fourth-order valence-electron chi connectivity index (χ4n) is 4.50. The molecule has 0 spiro atoms. The summed E-state index contributed by atoms with van der Waals surface area (Å²) in [6.07, 6.45) is -1.82. The molecular weight excluding hydrogens is 481 g/mol. The number of aromatic amines is 1. The van der Waals surface area contributed by atoms with E-state index in [-0.39, 0.29) is 24.7 Å². The second kappa shape index (κ2) is 10.3. The van der Waals surface area contributed by atoms with Crippen LogP contribution in [0.3, 0.4) is 0 Å². The Morgan fingerprint density at radius 2 is 1.86 bits per heavy atom. The van der Waals surface area contributed by atoms with E-state index in [4.69, 9.17) is 10.00 Å². The van der Waals surface area contributed by atoms with E-state index in [1.807, 2.05) is 11.0 Å². The Hall–Kier alpha value is -3.95. The molecule has 2 aromatic heterocycles. The lowest BCUT2D eigenvalue weighted by Gasteiger charge is -2.35. The molecule has 4 rings (SSSR count). The van der Waals surface area contributed by atoms with Crippen molar-refractivity contribution in [3.8, 4) is 11.8 Å². The number of ether oxygens (including phenoxy) is 1. The van der Waals surface area contributed by atoms with Gasteiger partial charge < -0.3 is 14.5 Å². The number of alkyl halides is 3. The van der Waals surface area contributed by atoms with E-state index in [1.165, 1.54) is 6.20 Å². The molecule has 2 aromatic rings. The molecule has 3 heterocycles. The lowest BCUT2D eigenvalue weighted by molar-refractivity contribution is -0.140. The van der Waals surface area contributed by atoms with Gasteiger partial charge in [-0.15, -0.1) is 0 Å². The summed E-state index contributed by atoms with van der Waals surface area (Å²) in [5, 5.41) is 14.0. The summed E-state index contributed by atoms with van der Waals surface area (Å²) >= 11 is 0. The third kappa shape index (κ3) is 5.48. The topological polar surface area (TPSA) is 132 Å². The molecule has 0 unspecified atom stereocenters. The van der Waals surface area contributed by atoms with Gasteiger partial charge in [-0.3, -0.25) is 14.4 Å². The highest BCUT2D eigenvalue weighted by Crippen LogP contribution is 2.35. The average Bonchev–Trinajstić information content (AvgIpc) is 3.20. The number of pyridine rings is 1. The first kappa shape index (κ1) is 25.2. The number of nitrogens with zero attached hydrogens (tertiary/aromatic N) is 5. The zero-order valence-electron chi connectivity index (χ0n) is 19.1. The first-order valence-corrected chi connectivity index (χ1v) is 11.4. The van der Waals surface area contributed by atoms with Gasteiger partial charge in [0.25, 0.3) is 5.56 Å². The number of nitriles is 1. The van der Waals surface area contributed by atoms with Gasteiger partial charge in [0.1, 0.15) is 17.7 Å². The summed E-state index contributed by atoms with van der Waals surface area (Å²) < 4.78 is 44.7. The van der Waals surface area contributed by atoms with Crippen LogP contribution in [0, 0.1) is 23.2 Å². The van der Waals surface area contributed by atoms with Crippen LogP contribution in [0.4, 0.5) is 19.0 Å². The van der Waals surface area contributed by atoms with Gasteiger partial charge in [-0.05, 0) is 25.0 Å². The average molecular weight is 504 g/mol. The van der Waals surface area contributed by atoms with Crippen LogP contribution < -0.4 is 15.2 Å². The number of anilines is 1. The normalized spacial score (nSPS) is 20.3. The van der Waals surface area contributed by atoms with Gasteiger partial charge in [-0.1, -0.05) is 0 Å². The summed E-state index contributed by atoms with van der Waals surface area (Å²) in [5.74, 6) is -1.57.